The summed E-state index contributed by atoms with van der Waals surface area (Å²) in [6.07, 6.45) is 3.48. The molecule has 13 heteroatoms. The summed E-state index contributed by atoms with van der Waals surface area (Å²) in [7, 11) is -0.249. The minimum atomic E-state index is -1.49. The minimum absolute atomic E-state index is 0.304. The van der Waals surface area contributed by atoms with E-state index in [0.29, 0.717) is 18.3 Å². The van der Waals surface area contributed by atoms with E-state index in [1.807, 2.05) is 12.8 Å². The minimum Gasteiger partial charge on any atom is -0.462 e. The van der Waals surface area contributed by atoms with Crippen LogP contribution in [0.4, 0.5) is 0 Å². The smallest absolute Gasteiger partial charge is 0.333 e. The number of esters is 1. The first-order valence-corrected chi connectivity index (χ1v) is 28.3. The number of carbonyl (C=O) groups excluding carboxylic acids is 1. The van der Waals surface area contributed by atoms with Gasteiger partial charge in [-0.25, -0.2) is 4.79 Å². The maximum Gasteiger partial charge on any atom is 0.333 e. The number of rotatable bonds is 20. The van der Waals surface area contributed by atoms with Crippen molar-refractivity contribution in [3.63, 3.8) is 0 Å². The Labute approximate surface area is 276 Å². The van der Waals surface area contributed by atoms with E-state index in [9.17, 15) is 4.79 Å². The maximum atomic E-state index is 11.0. The van der Waals surface area contributed by atoms with Crippen molar-refractivity contribution < 1.29 is 36.7 Å². The summed E-state index contributed by atoms with van der Waals surface area (Å²) in [5.41, 5.74) is 7.76. The van der Waals surface area contributed by atoms with Crippen molar-refractivity contribution in [3.8, 4) is 0 Å². The van der Waals surface area contributed by atoms with Crippen LogP contribution in [0.2, 0.25) is 70.5 Å². The fraction of sp³-hybridized carbons (Fsp3) is 0.839. The number of nitrogens with two attached hydrogens (primary N) is 1. The third-order valence-corrected chi connectivity index (χ3v) is 16.9. The van der Waals surface area contributed by atoms with E-state index in [-0.39, 0.29) is 5.97 Å². The molecule has 1 aliphatic rings. The standard InChI is InChI=1S/C10H20O3Si.C9H20O3Si.C7H19NOSi.C5H12OSi/c1-9(2)10(11)13-7-6-8-14(4,5)12-3;1-10-13(2,3)6-4-5-11-7-9-8-12-9;1-4-9-10(2,3)7-5-6-8;1-5-7(3,4)6-2/h1,6-8H2,2-5H3;9H,4-8H2,1-3H3;4-8H2,1-3H3;5H,1H2,2-4H3. The van der Waals surface area contributed by atoms with E-state index in [0.717, 1.165) is 58.3 Å². The SMILES string of the molecule is C=C(C)C(=O)OCCC[Si](C)(C)OC.C=C[Si](C)(C)OC.CCO[Si](C)(C)CCCN.CO[Si](C)(C)CCCOCC1CO1. The van der Waals surface area contributed by atoms with Crippen LogP contribution in [0.1, 0.15) is 33.1 Å². The van der Waals surface area contributed by atoms with Crippen LogP contribution >= 0.6 is 0 Å². The quantitative estimate of drug-likeness (QED) is 0.0467. The molecule has 0 amide bonds. The summed E-state index contributed by atoms with van der Waals surface area (Å²) in [6.45, 7) is 32.9. The first-order chi connectivity index (χ1) is 20.3. The molecular weight excluding hydrogens is 627 g/mol. The van der Waals surface area contributed by atoms with Crippen LogP contribution in [-0.2, 0) is 36.7 Å². The van der Waals surface area contributed by atoms with E-state index in [4.69, 9.17) is 37.6 Å². The third kappa shape index (κ3) is 34.4. The Hall–Kier alpha value is -0.462. The Morgan fingerprint density at radius 2 is 1.34 bits per heavy atom. The Bertz CT molecular complexity index is 748. The lowest BCUT2D eigenvalue weighted by atomic mass is 10.4. The molecule has 264 valence electrons. The summed E-state index contributed by atoms with van der Waals surface area (Å²) < 4.78 is 37.0. The van der Waals surface area contributed by atoms with Crippen LogP contribution in [-0.4, -0.2) is 106 Å². The fourth-order valence-electron chi connectivity index (χ4n) is 3.04. The van der Waals surface area contributed by atoms with Gasteiger partial charge >= 0.3 is 5.97 Å². The van der Waals surface area contributed by atoms with Crippen LogP contribution < -0.4 is 5.73 Å². The van der Waals surface area contributed by atoms with Crippen LogP contribution in [0.3, 0.4) is 0 Å². The van der Waals surface area contributed by atoms with Gasteiger partial charge in [0.15, 0.2) is 25.0 Å². The molecular formula is C31H71NO8Si4. The molecule has 1 atom stereocenters. The molecule has 0 saturated carbocycles. The second-order valence-electron chi connectivity index (χ2n) is 13.2. The summed E-state index contributed by atoms with van der Waals surface area (Å²) in [4.78, 5) is 11.0. The average Bonchev–Trinajstić information content (AvgIpc) is 3.79. The second-order valence-corrected chi connectivity index (χ2v) is 30.4. The molecule has 1 heterocycles. The van der Waals surface area contributed by atoms with Crippen molar-refractivity contribution in [3.05, 3.63) is 24.4 Å². The molecule has 0 radical (unpaired) electrons. The molecule has 0 aromatic carbocycles. The van der Waals surface area contributed by atoms with Gasteiger partial charge in [-0.15, -0.1) is 6.58 Å². The molecule has 0 bridgehead atoms. The predicted molar refractivity (Wildman–Crippen MR) is 196 cm³/mol. The largest absolute Gasteiger partial charge is 0.462 e. The lowest BCUT2D eigenvalue weighted by Gasteiger charge is -2.21. The Balaban J connectivity index is -0.000000525. The van der Waals surface area contributed by atoms with Gasteiger partial charge in [0.05, 0.1) is 19.8 Å². The first kappa shape index (κ1) is 47.9. The van der Waals surface area contributed by atoms with Gasteiger partial charge in [0.2, 0.25) is 8.32 Å². The number of epoxide rings is 1. The number of ether oxygens (including phenoxy) is 3. The van der Waals surface area contributed by atoms with Crippen LogP contribution in [0.15, 0.2) is 24.4 Å². The zero-order chi connectivity index (χ0) is 34.9. The van der Waals surface area contributed by atoms with E-state index in [1.165, 1.54) is 12.1 Å². The van der Waals surface area contributed by atoms with Crippen LogP contribution in [0.25, 0.3) is 0 Å². The first-order valence-electron chi connectivity index (χ1n) is 15.9. The van der Waals surface area contributed by atoms with Crippen molar-refractivity contribution >= 4 is 39.2 Å². The molecule has 1 aliphatic heterocycles. The van der Waals surface area contributed by atoms with E-state index in [2.05, 4.69) is 72.5 Å². The molecule has 0 spiro atoms. The molecule has 1 unspecified atom stereocenters. The third-order valence-electron chi connectivity index (χ3n) is 6.92. The summed E-state index contributed by atoms with van der Waals surface area (Å²) in [5, 5.41) is 0. The molecule has 0 aliphatic carbocycles. The molecule has 2 N–H and O–H groups in total. The normalized spacial score (nSPS) is 14.5. The monoisotopic (exact) mass is 697 g/mol. The zero-order valence-corrected chi connectivity index (χ0v) is 34.9. The molecule has 1 saturated heterocycles. The zero-order valence-electron chi connectivity index (χ0n) is 30.9. The summed E-state index contributed by atoms with van der Waals surface area (Å²) >= 11 is 0. The number of carbonyl (C=O) groups is 1. The van der Waals surface area contributed by atoms with Gasteiger partial charge in [-0.2, -0.15) is 0 Å². The highest BCUT2D eigenvalue weighted by Gasteiger charge is 2.23. The molecule has 9 nitrogen and oxygen atoms in total. The van der Waals surface area contributed by atoms with Gasteiger partial charge in [0.25, 0.3) is 0 Å². The molecule has 44 heavy (non-hydrogen) atoms. The van der Waals surface area contributed by atoms with Gasteiger partial charge in [0, 0.05) is 40.1 Å². The molecule has 1 rings (SSSR count). The van der Waals surface area contributed by atoms with Gasteiger partial charge < -0.3 is 37.6 Å². The molecule has 1 fully saturated rings. The highest BCUT2D eigenvalue weighted by atomic mass is 28.4. The maximum absolute atomic E-state index is 11.0. The van der Waals surface area contributed by atoms with Gasteiger partial charge in [-0.3, -0.25) is 0 Å². The lowest BCUT2D eigenvalue weighted by Crippen LogP contribution is -2.30. The molecule has 0 aromatic rings. The van der Waals surface area contributed by atoms with Crippen molar-refractivity contribution in [2.45, 2.75) is 110 Å². The summed E-state index contributed by atoms with van der Waals surface area (Å²) in [6, 6.07) is 3.37. The van der Waals surface area contributed by atoms with Crippen molar-refractivity contribution in [1.82, 2.24) is 0 Å². The average molecular weight is 698 g/mol. The van der Waals surface area contributed by atoms with Gasteiger partial charge in [-0.1, -0.05) is 12.3 Å². The second kappa shape index (κ2) is 26.6. The van der Waals surface area contributed by atoms with Crippen molar-refractivity contribution in [1.29, 1.82) is 0 Å². The Kier molecular flexibility index (Phi) is 29.0. The van der Waals surface area contributed by atoms with Crippen LogP contribution in [0, 0.1) is 0 Å². The highest BCUT2D eigenvalue weighted by molar-refractivity contribution is 6.76. The lowest BCUT2D eigenvalue weighted by molar-refractivity contribution is -0.138. The van der Waals surface area contributed by atoms with E-state index < -0.39 is 33.3 Å². The topological polar surface area (TPSA) is 111 Å². The van der Waals surface area contributed by atoms with Crippen molar-refractivity contribution in [2.24, 2.45) is 5.73 Å². The Morgan fingerprint density at radius 3 is 1.68 bits per heavy atom. The number of hydrogen-bond donors (Lipinski definition) is 1. The fourth-order valence-corrected chi connectivity index (χ4v) is 7.59. The Morgan fingerprint density at radius 1 is 0.864 bits per heavy atom. The highest BCUT2D eigenvalue weighted by Crippen LogP contribution is 2.14. The van der Waals surface area contributed by atoms with E-state index >= 15 is 0 Å². The van der Waals surface area contributed by atoms with Gasteiger partial charge in [0.1, 0.15) is 6.10 Å². The predicted octanol–water partition coefficient (Wildman–Crippen LogP) is 7.13. The van der Waals surface area contributed by atoms with Crippen LogP contribution in [0.5, 0.6) is 0 Å². The number of hydrogen-bond acceptors (Lipinski definition) is 9. The van der Waals surface area contributed by atoms with E-state index in [1.54, 1.807) is 21.1 Å². The molecule has 0 aromatic heterocycles. The summed E-state index contributed by atoms with van der Waals surface area (Å²) in [5.74, 6) is -0.304. The van der Waals surface area contributed by atoms with Crippen molar-refractivity contribution in [2.75, 3.05) is 60.9 Å². The van der Waals surface area contributed by atoms with Gasteiger partial charge in [-0.05, 0) is 110 Å².